The molecular formula is C23H25FN8O4. The predicted octanol–water partition coefficient (Wildman–Crippen LogP) is 1.39. The lowest BCUT2D eigenvalue weighted by atomic mass is 10.0. The van der Waals surface area contributed by atoms with Gasteiger partial charge in [-0.25, -0.2) is 23.8 Å². The second-order valence-electron chi connectivity index (χ2n) is 7.17. The number of nitrogens with zero attached hydrogens (tertiary/aromatic N) is 5. The fraction of sp³-hybridized carbons (Fsp3) is 0.217. The maximum atomic E-state index is 15.2. The minimum atomic E-state index is -0.697. The SMILES string of the molecule is C=CN/C=C(/Cn1cc(C(=O)NCc2c(-c3cnc(C(=O)OC)nc3)ccc(OC)c2F)nn1)NC. The highest BCUT2D eigenvalue weighted by Crippen LogP contribution is 2.30. The molecule has 0 saturated carbocycles. The number of likely N-dealkylation sites (N-methyl/N-ethyl adjacent to an activating group) is 1. The van der Waals surface area contributed by atoms with Crippen LogP contribution in [-0.4, -0.2) is 58.1 Å². The summed E-state index contributed by atoms with van der Waals surface area (Å²) in [5, 5.41) is 16.3. The highest BCUT2D eigenvalue weighted by molar-refractivity contribution is 5.92. The fourth-order valence-electron chi connectivity index (χ4n) is 3.13. The number of allylic oxidation sites excluding steroid dienone is 1. The van der Waals surface area contributed by atoms with E-state index in [1.54, 1.807) is 19.3 Å². The molecule has 188 valence electrons. The van der Waals surface area contributed by atoms with Crippen LogP contribution in [0.1, 0.15) is 26.7 Å². The lowest BCUT2D eigenvalue weighted by molar-refractivity contribution is 0.0586. The third kappa shape index (κ3) is 6.00. The molecular weight excluding hydrogens is 471 g/mol. The Morgan fingerprint density at radius 1 is 1.22 bits per heavy atom. The van der Waals surface area contributed by atoms with Crippen molar-refractivity contribution in [1.29, 1.82) is 0 Å². The van der Waals surface area contributed by atoms with Crippen LogP contribution < -0.4 is 20.7 Å². The minimum Gasteiger partial charge on any atom is -0.494 e. The van der Waals surface area contributed by atoms with Gasteiger partial charge in [-0.15, -0.1) is 5.10 Å². The summed E-state index contributed by atoms with van der Waals surface area (Å²) in [6, 6.07) is 3.06. The van der Waals surface area contributed by atoms with Crippen molar-refractivity contribution in [2.75, 3.05) is 21.3 Å². The zero-order chi connectivity index (χ0) is 26.1. The molecule has 3 rings (SSSR count). The molecule has 36 heavy (non-hydrogen) atoms. The van der Waals surface area contributed by atoms with Crippen molar-refractivity contribution in [3.63, 3.8) is 0 Å². The van der Waals surface area contributed by atoms with Crippen LogP contribution in [0.25, 0.3) is 11.1 Å². The van der Waals surface area contributed by atoms with E-state index in [0.717, 1.165) is 5.70 Å². The summed E-state index contributed by atoms with van der Waals surface area (Å²) < 4.78 is 26.3. The van der Waals surface area contributed by atoms with Gasteiger partial charge in [0.05, 0.1) is 27.0 Å². The van der Waals surface area contributed by atoms with Gasteiger partial charge in [-0.3, -0.25) is 4.79 Å². The van der Waals surface area contributed by atoms with Crippen LogP contribution in [0, 0.1) is 5.82 Å². The maximum absolute atomic E-state index is 15.2. The number of hydrogen-bond donors (Lipinski definition) is 3. The van der Waals surface area contributed by atoms with E-state index in [1.807, 2.05) is 0 Å². The molecule has 12 nitrogen and oxygen atoms in total. The summed E-state index contributed by atoms with van der Waals surface area (Å²) in [6.45, 7) is 3.71. The van der Waals surface area contributed by atoms with E-state index in [9.17, 15) is 9.59 Å². The fourth-order valence-corrected chi connectivity index (χ4v) is 3.13. The van der Waals surface area contributed by atoms with Crippen molar-refractivity contribution in [2.24, 2.45) is 0 Å². The number of esters is 1. The number of nitrogens with one attached hydrogen (secondary N) is 3. The highest BCUT2D eigenvalue weighted by atomic mass is 19.1. The molecule has 0 radical (unpaired) electrons. The first-order valence-corrected chi connectivity index (χ1v) is 10.6. The summed E-state index contributed by atoms with van der Waals surface area (Å²) in [4.78, 5) is 32.3. The Labute approximate surface area is 206 Å². The van der Waals surface area contributed by atoms with Crippen LogP contribution in [0.15, 0.2) is 55.4 Å². The highest BCUT2D eigenvalue weighted by Gasteiger charge is 2.19. The van der Waals surface area contributed by atoms with E-state index >= 15 is 4.39 Å². The number of hydrogen-bond acceptors (Lipinski definition) is 10. The van der Waals surface area contributed by atoms with Crippen LogP contribution in [0.3, 0.4) is 0 Å². The van der Waals surface area contributed by atoms with Crippen molar-refractivity contribution < 1.29 is 23.5 Å². The van der Waals surface area contributed by atoms with Crippen molar-refractivity contribution in [1.82, 2.24) is 40.9 Å². The summed E-state index contributed by atoms with van der Waals surface area (Å²) in [5.41, 5.74) is 1.81. The number of halogens is 1. The molecule has 0 fully saturated rings. The molecule has 0 aliphatic carbocycles. The standard InChI is InChI=1S/C23H25FN8O4/c1-5-26-10-15(25-2)12-32-13-18(30-31-32)22(33)29-11-17-16(6-7-19(35-3)20(17)24)14-8-27-21(28-9-14)23(34)36-4/h5-10,13,25-26H,1,11-12H2,2-4H3,(H,29,33)/b15-10-. The first-order chi connectivity index (χ1) is 17.4. The zero-order valence-corrected chi connectivity index (χ0v) is 19.9. The number of rotatable bonds is 11. The smallest absolute Gasteiger partial charge is 0.376 e. The Hall–Kier alpha value is -4.81. The number of benzene rings is 1. The van der Waals surface area contributed by atoms with E-state index < -0.39 is 17.7 Å². The molecule has 3 aromatic rings. The second kappa shape index (κ2) is 12.1. The van der Waals surface area contributed by atoms with Gasteiger partial charge in [-0.2, -0.15) is 0 Å². The first kappa shape index (κ1) is 25.8. The lowest BCUT2D eigenvalue weighted by Gasteiger charge is -2.14. The van der Waals surface area contributed by atoms with Gasteiger partial charge in [-0.05, 0) is 17.8 Å². The predicted molar refractivity (Wildman–Crippen MR) is 127 cm³/mol. The Morgan fingerprint density at radius 2 is 1.97 bits per heavy atom. The van der Waals surface area contributed by atoms with E-state index in [1.165, 1.54) is 49.8 Å². The number of carbonyl (C=O) groups is 2. The number of ether oxygens (including phenoxy) is 2. The maximum Gasteiger partial charge on any atom is 0.376 e. The topological polar surface area (TPSA) is 145 Å². The number of aromatic nitrogens is 5. The molecule has 0 atom stereocenters. The van der Waals surface area contributed by atoms with Crippen LogP contribution >= 0.6 is 0 Å². The van der Waals surface area contributed by atoms with E-state index in [0.29, 0.717) is 17.7 Å². The molecule has 2 heterocycles. The van der Waals surface area contributed by atoms with Crippen LogP contribution in [0.4, 0.5) is 4.39 Å². The van der Waals surface area contributed by atoms with Crippen LogP contribution in [0.5, 0.6) is 5.75 Å². The molecule has 1 aromatic carbocycles. The number of methoxy groups -OCH3 is 2. The largest absolute Gasteiger partial charge is 0.494 e. The molecule has 0 spiro atoms. The average molecular weight is 497 g/mol. The van der Waals surface area contributed by atoms with Gasteiger partial charge in [0.2, 0.25) is 5.82 Å². The monoisotopic (exact) mass is 496 g/mol. The number of carbonyl (C=O) groups excluding carboxylic acids is 2. The quantitative estimate of drug-likeness (QED) is 0.333. The van der Waals surface area contributed by atoms with Crippen LogP contribution in [-0.2, 0) is 17.8 Å². The normalized spacial score (nSPS) is 10.9. The molecule has 13 heteroatoms. The summed E-state index contributed by atoms with van der Waals surface area (Å²) >= 11 is 0. The van der Waals surface area contributed by atoms with Crippen molar-refractivity contribution in [3.8, 4) is 16.9 Å². The van der Waals surface area contributed by atoms with Crippen LogP contribution in [0.2, 0.25) is 0 Å². The van der Waals surface area contributed by atoms with E-state index in [2.05, 4.69) is 47.5 Å². The van der Waals surface area contributed by atoms with Gasteiger partial charge < -0.3 is 25.4 Å². The number of amides is 1. The molecule has 0 aliphatic heterocycles. The summed E-state index contributed by atoms with van der Waals surface area (Å²) in [6.07, 6.45) is 7.42. The minimum absolute atomic E-state index is 0.000517. The third-order valence-electron chi connectivity index (χ3n) is 4.98. The Balaban J connectivity index is 1.80. The Morgan fingerprint density at radius 3 is 2.61 bits per heavy atom. The van der Waals surface area contributed by atoms with E-state index in [4.69, 9.17) is 4.74 Å². The third-order valence-corrected chi connectivity index (χ3v) is 4.98. The molecule has 0 aliphatic rings. The first-order valence-electron chi connectivity index (χ1n) is 10.6. The van der Waals surface area contributed by atoms with Gasteiger partial charge in [0.1, 0.15) is 0 Å². The second-order valence-corrected chi connectivity index (χ2v) is 7.17. The average Bonchev–Trinajstić information content (AvgIpc) is 3.38. The van der Waals surface area contributed by atoms with Crippen molar-refractivity contribution in [2.45, 2.75) is 13.1 Å². The molecule has 0 unspecified atom stereocenters. The summed E-state index contributed by atoms with van der Waals surface area (Å²) in [7, 11) is 4.30. The van der Waals surface area contributed by atoms with Gasteiger partial charge >= 0.3 is 5.97 Å². The van der Waals surface area contributed by atoms with Gasteiger partial charge in [-0.1, -0.05) is 17.9 Å². The molecule has 1 amide bonds. The molecule has 2 aromatic heterocycles. The summed E-state index contributed by atoms with van der Waals surface area (Å²) in [5.74, 6) is -2.04. The zero-order valence-electron chi connectivity index (χ0n) is 19.9. The molecule has 0 saturated heterocycles. The van der Waals surface area contributed by atoms with Gasteiger partial charge in [0.25, 0.3) is 5.91 Å². The van der Waals surface area contributed by atoms with Crippen molar-refractivity contribution >= 4 is 11.9 Å². The molecule has 3 N–H and O–H groups in total. The van der Waals surface area contributed by atoms with Gasteiger partial charge in [0.15, 0.2) is 17.3 Å². The van der Waals surface area contributed by atoms with Gasteiger partial charge in [0, 0.05) is 49.0 Å². The Kier molecular flexibility index (Phi) is 8.64. The lowest BCUT2D eigenvalue weighted by Crippen LogP contribution is -2.24. The molecule has 0 bridgehead atoms. The Bertz CT molecular complexity index is 1270. The van der Waals surface area contributed by atoms with Crippen molar-refractivity contribution in [3.05, 3.63) is 78.3 Å². The van der Waals surface area contributed by atoms with E-state index in [-0.39, 0.29) is 29.4 Å².